The van der Waals surface area contributed by atoms with Gasteiger partial charge >= 0.3 is 0 Å². The lowest BCUT2D eigenvalue weighted by atomic mass is 9.81. The molecule has 0 saturated carbocycles. The highest BCUT2D eigenvalue weighted by Crippen LogP contribution is 2.31. The van der Waals surface area contributed by atoms with Gasteiger partial charge in [-0.25, -0.2) is 9.37 Å². The van der Waals surface area contributed by atoms with Crippen molar-refractivity contribution in [3.8, 4) is 5.88 Å². The lowest BCUT2D eigenvalue weighted by molar-refractivity contribution is 0.354. The first-order valence-electron chi connectivity index (χ1n) is 6.31. The van der Waals surface area contributed by atoms with E-state index in [1.807, 2.05) is 13.8 Å². The minimum atomic E-state index is -0.352. The molecule has 0 fully saturated rings. The maximum atomic E-state index is 14.1. The fourth-order valence-electron chi connectivity index (χ4n) is 1.90. The molecule has 1 heterocycles. The third-order valence-electron chi connectivity index (χ3n) is 3.08. The molecule has 0 unspecified atom stereocenters. The Morgan fingerprint density at radius 2 is 2.11 bits per heavy atom. The van der Waals surface area contributed by atoms with Crippen LogP contribution >= 0.6 is 0 Å². The number of pyridine rings is 1. The van der Waals surface area contributed by atoms with Crippen molar-refractivity contribution in [1.29, 1.82) is 0 Å². The van der Waals surface area contributed by atoms with Gasteiger partial charge in [-0.2, -0.15) is 0 Å². The van der Waals surface area contributed by atoms with E-state index in [2.05, 4.69) is 24.1 Å². The van der Waals surface area contributed by atoms with Crippen LogP contribution in [-0.2, 0) is 5.41 Å². The zero-order valence-electron chi connectivity index (χ0n) is 11.9. The summed E-state index contributed by atoms with van der Waals surface area (Å²) in [6, 6.07) is 2.17. The molecule has 1 aromatic heterocycles. The Bertz CT molecular complexity index is 391. The summed E-state index contributed by atoms with van der Waals surface area (Å²) in [5, 5.41) is 3.35. The highest BCUT2D eigenvalue weighted by atomic mass is 19.1. The molecule has 0 aromatic carbocycles. The molecular weight excluding hydrogens is 231 g/mol. The van der Waals surface area contributed by atoms with E-state index in [0.29, 0.717) is 11.6 Å². The van der Waals surface area contributed by atoms with Gasteiger partial charge in [-0.15, -0.1) is 0 Å². The normalized spacial score (nSPS) is 11.9. The minimum Gasteiger partial charge on any atom is -0.479 e. The Balaban J connectivity index is 2.84. The molecule has 0 amide bonds. The Morgan fingerprint density at radius 3 is 2.67 bits per heavy atom. The van der Waals surface area contributed by atoms with Gasteiger partial charge in [-0.05, 0) is 24.4 Å². The van der Waals surface area contributed by atoms with Crippen molar-refractivity contribution in [2.45, 2.75) is 45.6 Å². The second-order valence-electron chi connectivity index (χ2n) is 5.42. The second kappa shape index (κ2) is 6.14. The Kier molecular flexibility index (Phi) is 5.08. The van der Waals surface area contributed by atoms with Gasteiger partial charge in [-0.3, -0.25) is 0 Å². The first kappa shape index (κ1) is 14.9. The molecule has 18 heavy (non-hydrogen) atoms. The van der Waals surface area contributed by atoms with E-state index < -0.39 is 0 Å². The fourth-order valence-corrected chi connectivity index (χ4v) is 1.90. The van der Waals surface area contributed by atoms with Crippen LogP contribution in [0.5, 0.6) is 5.88 Å². The number of rotatable bonds is 6. The Hall–Kier alpha value is -1.16. The number of methoxy groups -OCH3 is 1. The van der Waals surface area contributed by atoms with Crippen LogP contribution in [0, 0.1) is 5.82 Å². The van der Waals surface area contributed by atoms with Crippen LogP contribution in [0.25, 0.3) is 0 Å². The third-order valence-corrected chi connectivity index (χ3v) is 3.08. The molecule has 0 radical (unpaired) electrons. The van der Waals surface area contributed by atoms with E-state index in [1.54, 1.807) is 12.3 Å². The number of aromatic nitrogens is 1. The summed E-state index contributed by atoms with van der Waals surface area (Å²) in [5.41, 5.74) is 0.405. The molecule has 0 aliphatic rings. The van der Waals surface area contributed by atoms with Gasteiger partial charge < -0.3 is 10.1 Å². The van der Waals surface area contributed by atoms with Crippen LogP contribution in [0.1, 0.15) is 39.7 Å². The molecule has 0 bridgehead atoms. The van der Waals surface area contributed by atoms with Crippen molar-refractivity contribution in [3.05, 3.63) is 23.6 Å². The second-order valence-corrected chi connectivity index (χ2v) is 5.42. The number of nitrogens with zero attached hydrogens (tertiary/aromatic N) is 1. The van der Waals surface area contributed by atoms with Gasteiger partial charge in [0.25, 0.3) is 0 Å². The van der Waals surface area contributed by atoms with E-state index in [-0.39, 0.29) is 17.1 Å². The van der Waals surface area contributed by atoms with Crippen molar-refractivity contribution < 1.29 is 9.13 Å². The summed E-state index contributed by atoms with van der Waals surface area (Å²) >= 11 is 0. The zero-order valence-corrected chi connectivity index (χ0v) is 11.9. The maximum absolute atomic E-state index is 14.1. The van der Waals surface area contributed by atoms with Crippen LogP contribution in [0.15, 0.2) is 12.3 Å². The summed E-state index contributed by atoms with van der Waals surface area (Å²) in [6.07, 6.45) is 2.45. The van der Waals surface area contributed by atoms with E-state index in [1.165, 1.54) is 7.11 Å². The molecule has 0 spiro atoms. The molecule has 4 heteroatoms. The van der Waals surface area contributed by atoms with E-state index in [9.17, 15) is 4.39 Å². The van der Waals surface area contributed by atoms with Crippen LogP contribution in [0.4, 0.5) is 4.39 Å². The molecule has 0 aliphatic heterocycles. The number of ether oxygens (including phenoxy) is 1. The first-order valence-corrected chi connectivity index (χ1v) is 6.31. The molecule has 1 N–H and O–H groups in total. The summed E-state index contributed by atoms with van der Waals surface area (Å²) in [4.78, 5) is 3.87. The smallest absolute Gasteiger partial charge is 0.250 e. The van der Waals surface area contributed by atoms with Crippen molar-refractivity contribution in [1.82, 2.24) is 10.3 Å². The SMILES string of the molecule is COc1nccc(C(C)(C)CCNC(C)C)c1F. The average Bonchev–Trinajstić information content (AvgIpc) is 2.28. The van der Waals surface area contributed by atoms with Gasteiger partial charge in [-0.1, -0.05) is 27.7 Å². The minimum absolute atomic E-state index is 0.0670. The maximum Gasteiger partial charge on any atom is 0.250 e. The van der Waals surface area contributed by atoms with Gasteiger partial charge in [0.2, 0.25) is 5.88 Å². The monoisotopic (exact) mass is 254 g/mol. The Labute approximate surface area is 109 Å². The molecule has 102 valence electrons. The highest BCUT2D eigenvalue weighted by Gasteiger charge is 2.26. The molecule has 0 saturated heterocycles. The van der Waals surface area contributed by atoms with Crippen molar-refractivity contribution in [2.75, 3.05) is 13.7 Å². The fraction of sp³-hybridized carbons (Fsp3) is 0.643. The van der Waals surface area contributed by atoms with Crippen molar-refractivity contribution in [2.24, 2.45) is 0 Å². The van der Waals surface area contributed by atoms with E-state index >= 15 is 0 Å². The molecule has 3 nitrogen and oxygen atoms in total. The molecule has 0 aliphatic carbocycles. The van der Waals surface area contributed by atoms with Crippen LogP contribution in [-0.4, -0.2) is 24.7 Å². The summed E-state index contributed by atoms with van der Waals surface area (Å²) in [6.45, 7) is 9.13. The predicted molar refractivity (Wildman–Crippen MR) is 71.5 cm³/mol. The number of hydrogen-bond acceptors (Lipinski definition) is 3. The Morgan fingerprint density at radius 1 is 1.44 bits per heavy atom. The zero-order chi connectivity index (χ0) is 13.8. The molecule has 1 aromatic rings. The quantitative estimate of drug-likeness (QED) is 0.847. The molecule has 0 atom stereocenters. The largest absolute Gasteiger partial charge is 0.479 e. The number of halogens is 1. The number of hydrogen-bond donors (Lipinski definition) is 1. The average molecular weight is 254 g/mol. The van der Waals surface area contributed by atoms with Gasteiger partial charge in [0.1, 0.15) is 0 Å². The third kappa shape index (κ3) is 3.67. The van der Waals surface area contributed by atoms with Crippen LogP contribution in [0.3, 0.4) is 0 Å². The van der Waals surface area contributed by atoms with Crippen LogP contribution in [0.2, 0.25) is 0 Å². The lowest BCUT2D eigenvalue weighted by Gasteiger charge is -2.26. The highest BCUT2D eigenvalue weighted by molar-refractivity contribution is 5.29. The first-order chi connectivity index (χ1) is 8.38. The predicted octanol–water partition coefficient (Wildman–Crippen LogP) is 2.90. The summed E-state index contributed by atoms with van der Waals surface area (Å²) < 4.78 is 19.1. The van der Waals surface area contributed by atoms with E-state index in [4.69, 9.17) is 4.74 Å². The summed E-state index contributed by atoms with van der Waals surface area (Å²) in [5.74, 6) is -0.285. The molecule has 1 rings (SSSR count). The van der Waals surface area contributed by atoms with Crippen LogP contribution < -0.4 is 10.1 Å². The summed E-state index contributed by atoms with van der Waals surface area (Å²) in [7, 11) is 1.43. The van der Waals surface area contributed by atoms with Gasteiger partial charge in [0.05, 0.1) is 7.11 Å². The topological polar surface area (TPSA) is 34.1 Å². The van der Waals surface area contributed by atoms with Gasteiger partial charge in [0, 0.05) is 17.8 Å². The molecular formula is C14H23FN2O. The standard InChI is InChI=1S/C14H23FN2O/c1-10(2)16-9-7-14(3,4)11-6-8-17-13(18-5)12(11)15/h6,8,10,16H,7,9H2,1-5H3. The van der Waals surface area contributed by atoms with Crippen molar-refractivity contribution in [3.63, 3.8) is 0 Å². The van der Waals surface area contributed by atoms with Gasteiger partial charge in [0.15, 0.2) is 5.82 Å². The lowest BCUT2D eigenvalue weighted by Crippen LogP contribution is -2.30. The van der Waals surface area contributed by atoms with Crippen molar-refractivity contribution >= 4 is 0 Å². The van der Waals surface area contributed by atoms with E-state index in [0.717, 1.165) is 13.0 Å². The number of nitrogens with one attached hydrogen (secondary N) is 1.